The molecule has 0 atom stereocenters. The highest BCUT2D eigenvalue weighted by Gasteiger charge is 2.31. The summed E-state index contributed by atoms with van der Waals surface area (Å²) in [4.78, 5) is 10.4. The number of aromatic nitrogens is 4. The number of hydrogen-bond donors (Lipinski definition) is 0. The maximum atomic E-state index is 12.5. The maximum absolute atomic E-state index is 12.5. The van der Waals surface area contributed by atoms with Gasteiger partial charge in [0.25, 0.3) is 0 Å². The van der Waals surface area contributed by atoms with Crippen LogP contribution in [0.15, 0.2) is 67.0 Å². The number of alkyl halides is 3. The van der Waals surface area contributed by atoms with Crippen molar-refractivity contribution < 1.29 is 17.9 Å². The molecule has 0 unspecified atom stereocenters. The Balaban J connectivity index is 1.74. The first-order valence-electron chi connectivity index (χ1n) is 8.26. The summed E-state index contributed by atoms with van der Waals surface area (Å²) in [6.07, 6.45) is -1.52. The summed E-state index contributed by atoms with van der Waals surface area (Å²) in [5.74, 6) is 1.01. The molecule has 3 heterocycles. The molecule has 3 aromatic heterocycles. The van der Waals surface area contributed by atoms with Crippen LogP contribution in [0.1, 0.15) is 0 Å². The fourth-order valence-electron chi connectivity index (χ4n) is 2.76. The van der Waals surface area contributed by atoms with Crippen LogP contribution in [0, 0.1) is 0 Å². The highest BCUT2D eigenvalue weighted by atomic mass is 19.4. The zero-order chi connectivity index (χ0) is 19.7. The van der Waals surface area contributed by atoms with Crippen molar-refractivity contribution in [3.63, 3.8) is 0 Å². The number of anilines is 2. The number of pyridine rings is 1. The van der Waals surface area contributed by atoms with Gasteiger partial charge in [-0.1, -0.05) is 18.2 Å². The fraction of sp³-hybridized carbons (Fsp3) is 0.105. The molecule has 0 aliphatic carbocycles. The number of hydrogen-bond acceptors (Lipinski definition) is 5. The van der Waals surface area contributed by atoms with Crippen molar-refractivity contribution in [2.75, 3.05) is 11.9 Å². The van der Waals surface area contributed by atoms with Gasteiger partial charge in [0.15, 0.2) is 11.5 Å². The second-order valence-electron chi connectivity index (χ2n) is 5.93. The molecule has 0 saturated carbocycles. The van der Waals surface area contributed by atoms with Gasteiger partial charge >= 0.3 is 6.36 Å². The minimum Gasteiger partial charge on any atom is -0.406 e. The monoisotopic (exact) mass is 385 g/mol. The van der Waals surface area contributed by atoms with Gasteiger partial charge in [0.05, 0.1) is 11.9 Å². The Bertz CT molecular complexity index is 1110. The predicted octanol–water partition coefficient (Wildman–Crippen LogP) is 4.46. The van der Waals surface area contributed by atoms with E-state index in [2.05, 4.69) is 19.8 Å². The van der Waals surface area contributed by atoms with E-state index in [-0.39, 0.29) is 5.75 Å². The lowest BCUT2D eigenvalue weighted by molar-refractivity contribution is -0.274. The van der Waals surface area contributed by atoms with E-state index >= 15 is 0 Å². The lowest BCUT2D eigenvalue weighted by Gasteiger charge is -2.17. The van der Waals surface area contributed by atoms with E-state index in [0.717, 1.165) is 0 Å². The lowest BCUT2D eigenvalue weighted by Crippen LogP contribution is -2.17. The molecule has 0 spiro atoms. The quantitative estimate of drug-likeness (QED) is 0.519. The molecule has 0 saturated heterocycles. The van der Waals surface area contributed by atoms with Crippen LogP contribution in [0.2, 0.25) is 0 Å². The highest BCUT2D eigenvalue weighted by molar-refractivity contribution is 5.66. The molecule has 0 radical (unpaired) electrons. The van der Waals surface area contributed by atoms with E-state index in [1.807, 2.05) is 25.2 Å². The van der Waals surface area contributed by atoms with Crippen LogP contribution >= 0.6 is 0 Å². The van der Waals surface area contributed by atoms with Crippen LogP contribution < -0.4 is 9.64 Å². The fourth-order valence-corrected chi connectivity index (χ4v) is 2.76. The molecule has 0 bridgehead atoms. The third-order valence-corrected chi connectivity index (χ3v) is 4.05. The number of ether oxygens (including phenoxy) is 1. The van der Waals surface area contributed by atoms with Gasteiger partial charge in [-0.3, -0.25) is 0 Å². The molecule has 0 N–H and O–H groups in total. The van der Waals surface area contributed by atoms with E-state index in [1.165, 1.54) is 18.2 Å². The van der Waals surface area contributed by atoms with Crippen molar-refractivity contribution in [3.8, 4) is 17.0 Å². The van der Waals surface area contributed by atoms with E-state index in [0.29, 0.717) is 28.5 Å². The minimum absolute atomic E-state index is 0.304. The molecule has 1 aromatic carbocycles. The van der Waals surface area contributed by atoms with Gasteiger partial charge in [-0.15, -0.1) is 18.3 Å². The first kappa shape index (κ1) is 17.8. The highest BCUT2D eigenvalue weighted by Crippen LogP contribution is 2.29. The van der Waals surface area contributed by atoms with Crippen molar-refractivity contribution in [1.82, 2.24) is 19.6 Å². The van der Waals surface area contributed by atoms with Gasteiger partial charge in [-0.25, -0.2) is 14.5 Å². The van der Waals surface area contributed by atoms with Crippen LogP contribution in [0.5, 0.6) is 5.75 Å². The summed E-state index contributed by atoms with van der Waals surface area (Å²) in [5, 5.41) is 4.57. The normalized spacial score (nSPS) is 11.6. The van der Waals surface area contributed by atoms with Crippen LogP contribution in [0.4, 0.5) is 24.8 Å². The van der Waals surface area contributed by atoms with Gasteiger partial charge < -0.3 is 9.64 Å². The molecule has 4 aromatic rings. The molecule has 0 aliphatic rings. The van der Waals surface area contributed by atoms with Gasteiger partial charge in [0, 0.05) is 18.8 Å². The first-order valence-corrected chi connectivity index (χ1v) is 8.26. The SMILES string of the molecule is CN(c1ccccn1)c1ccc2ncc(-c3cccc(OC(F)(F)F)c3)n2n1. The van der Waals surface area contributed by atoms with Crippen molar-refractivity contribution >= 4 is 17.3 Å². The summed E-state index contributed by atoms with van der Waals surface area (Å²) >= 11 is 0. The summed E-state index contributed by atoms with van der Waals surface area (Å²) in [6, 6.07) is 14.8. The predicted molar refractivity (Wildman–Crippen MR) is 97.4 cm³/mol. The zero-order valence-corrected chi connectivity index (χ0v) is 14.6. The topological polar surface area (TPSA) is 55.5 Å². The number of imidazole rings is 1. The third kappa shape index (κ3) is 3.59. The van der Waals surface area contributed by atoms with Gasteiger partial charge in [0.2, 0.25) is 0 Å². The summed E-state index contributed by atoms with van der Waals surface area (Å²) < 4.78 is 43.1. The van der Waals surface area contributed by atoms with Crippen LogP contribution in [-0.4, -0.2) is 33.0 Å². The lowest BCUT2D eigenvalue weighted by atomic mass is 10.1. The largest absolute Gasteiger partial charge is 0.573 e. The number of fused-ring (bicyclic) bond motifs is 1. The molecule has 0 fully saturated rings. The molecule has 9 heteroatoms. The Morgan fingerprint density at radius 2 is 1.82 bits per heavy atom. The molecule has 0 amide bonds. The number of nitrogens with zero attached hydrogens (tertiary/aromatic N) is 5. The van der Waals surface area contributed by atoms with Gasteiger partial charge in [0.1, 0.15) is 11.6 Å². The van der Waals surface area contributed by atoms with Crippen molar-refractivity contribution in [2.45, 2.75) is 6.36 Å². The number of benzene rings is 1. The van der Waals surface area contributed by atoms with Crippen molar-refractivity contribution in [3.05, 3.63) is 67.0 Å². The Morgan fingerprint density at radius 1 is 0.964 bits per heavy atom. The Hall–Kier alpha value is -3.62. The van der Waals surface area contributed by atoms with Crippen LogP contribution in [0.25, 0.3) is 16.9 Å². The summed E-state index contributed by atoms with van der Waals surface area (Å²) in [7, 11) is 1.82. The van der Waals surface area contributed by atoms with Gasteiger partial charge in [-0.2, -0.15) is 0 Å². The first-order chi connectivity index (χ1) is 13.4. The molecular formula is C19H14F3N5O. The van der Waals surface area contributed by atoms with E-state index in [4.69, 9.17) is 0 Å². The van der Waals surface area contributed by atoms with Crippen LogP contribution in [0.3, 0.4) is 0 Å². The standard InChI is InChI=1S/C19H14F3N5O/c1-26(16-7-2-3-10-23-16)18-9-8-17-24-12-15(27(17)25-18)13-5-4-6-14(11-13)28-19(20,21)22/h2-12H,1H3. The van der Waals surface area contributed by atoms with E-state index in [9.17, 15) is 13.2 Å². The average molecular weight is 385 g/mol. The average Bonchev–Trinajstić information content (AvgIpc) is 3.10. The van der Waals surface area contributed by atoms with Crippen LogP contribution in [-0.2, 0) is 0 Å². The Morgan fingerprint density at radius 3 is 2.57 bits per heavy atom. The molecule has 6 nitrogen and oxygen atoms in total. The molecule has 4 rings (SSSR count). The Kier molecular flexibility index (Phi) is 4.34. The van der Waals surface area contributed by atoms with Crippen molar-refractivity contribution in [2.24, 2.45) is 0 Å². The second-order valence-corrected chi connectivity index (χ2v) is 5.93. The minimum atomic E-state index is -4.76. The smallest absolute Gasteiger partial charge is 0.406 e. The molecule has 0 aliphatic heterocycles. The Labute approximate surface area is 157 Å². The summed E-state index contributed by atoms with van der Waals surface area (Å²) in [6.45, 7) is 0. The van der Waals surface area contributed by atoms with E-state index in [1.54, 1.807) is 40.0 Å². The maximum Gasteiger partial charge on any atom is 0.573 e. The second kappa shape index (κ2) is 6.84. The van der Waals surface area contributed by atoms with Gasteiger partial charge in [-0.05, 0) is 36.4 Å². The number of rotatable bonds is 4. The zero-order valence-electron chi connectivity index (χ0n) is 14.6. The third-order valence-electron chi connectivity index (χ3n) is 4.05. The summed E-state index contributed by atoms with van der Waals surface area (Å²) in [5.41, 5.74) is 1.61. The number of halogens is 3. The van der Waals surface area contributed by atoms with Crippen molar-refractivity contribution in [1.29, 1.82) is 0 Å². The molecule has 142 valence electrons. The molecular weight excluding hydrogens is 371 g/mol. The molecule has 28 heavy (non-hydrogen) atoms. The van der Waals surface area contributed by atoms with E-state index < -0.39 is 6.36 Å².